The van der Waals surface area contributed by atoms with E-state index in [1.165, 1.54) is 30.3 Å². The van der Waals surface area contributed by atoms with Crippen LogP contribution in [0.2, 0.25) is 10.0 Å². The van der Waals surface area contributed by atoms with Gasteiger partial charge in [-0.2, -0.15) is 0 Å². The molecule has 0 bridgehead atoms. The van der Waals surface area contributed by atoms with Crippen molar-refractivity contribution in [3.63, 3.8) is 0 Å². The molecule has 2 aromatic carbocycles. The van der Waals surface area contributed by atoms with Crippen molar-refractivity contribution in [2.24, 2.45) is 0 Å². The largest absolute Gasteiger partial charge is 0.462 e. The number of nitro groups is 1. The lowest BCUT2D eigenvalue weighted by molar-refractivity contribution is -0.384. The third-order valence-electron chi connectivity index (χ3n) is 3.13. The first kappa shape index (κ1) is 18.7. The Morgan fingerprint density at radius 3 is 2.48 bits per heavy atom. The van der Waals surface area contributed by atoms with E-state index in [1.807, 2.05) is 0 Å². The van der Waals surface area contributed by atoms with E-state index in [0.29, 0.717) is 5.69 Å². The molecule has 0 radical (unpaired) electrons. The lowest BCUT2D eigenvalue weighted by Gasteiger charge is -2.08. The summed E-state index contributed by atoms with van der Waals surface area (Å²) < 4.78 is 4.86. The number of carbonyl (C=O) groups is 2. The molecule has 0 aromatic heterocycles. The number of amides is 1. The quantitative estimate of drug-likeness (QED) is 0.471. The molecule has 2 rings (SSSR count). The van der Waals surface area contributed by atoms with E-state index < -0.39 is 16.8 Å². The van der Waals surface area contributed by atoms with Crippen LogP contribution in [0.3, 0.4) is 0 Å². The van der Waals surface area contributed by atoms with E-state index in [-0.39, 0.29) is 33.5 Å². The summed E-state index contributed by atoms with van der Waals surface area (Å²) in [5.74, 6) is -1.15. The molecule has 0 saturated heterocycles. The Hall–Kier alpha value is -2.64. The van der Waals surface area contributed by atoms with Gasteiger partial charge in [0.1, 0.15) is 5.02 Å². The van der Waals surface area contributed by atoms with Crippen LogP contribution in [0.5, 0.6) is 0 Å². The Bertz CT molecular complexity index is 854. The number of ether oxygens (including phenoxy) is 1. The first-order valence-electron chi connectivity index (χ1n) is 7.05. The van der Waals surface area contributed by atoms with Crippen molar-refractivity contribution >= 4 is 46.5 Å². The van der Waals surface area contributed by atoms with E-state index in [9.17, 15) is 19.7 Å². The van der Waals surface area contributed by atoms with E-state index in [4.69, 9.17) is 27.9 Å². The van der Waals surface area contributed by atoms with Crippen molar-refractivity contribution in [2.45, 2.75) is 6.92 Å². The maximum Gasteiger partial charge on any atom is 0.339 e. The van der Waals surface area contributed by atoms with Gasteiger partial charge >= 0.3 is 5.97 Å². The summed E-state index contributed by atoms with van der Waals surface area (Å²) in [6, 6.07) is 7.98. The maximum absolute atomic E-state index is 12.2. The number of halogens is 2. The zero-order valence-electron chi connectivity index (χ0n) is 12.9. The summed E-state index contributed by atoms with van der Waals surface area (Å²) in [5, 5.41) is 13.5. The molecule has 1 amide bonds. The molecule has 9 heteroatoms. The van der Waals surface area contributed by atoms with Gasteiger partial charge in [0.15, 0.2) is 0 Å². The molecule has 0 saturated carbocycles. The summed E-state index contributed by atoms with van der Waals surface area (Å²) in [6.07, 6.45) is 0. The van der Waals surface area contributed by atoms with Crippen LogP contribution >= 0.6 is 23.2 Å². The van der Waals surface area contributed by atoms with Crippen LogP contribution in [0.15, 0.2) is 36.4 Å². The fourth-order valence-electron chi connectivity index (χ4n) is 1.96. The van der Waals surface area contributed by atoms with Gasteiger partial charge in [-0.05, 0) is 37.3 Å². The van der Waals surface area contributed by atoms with Crippen LogP contribution < -0.4 is 5.32 Å². The number of esters is 1. The number of nitro benzene ring substituents is 1. The number of anilines is 1. The number of hydrogen-bond acceptors (Lipinski definition) is 5. The third-order valence-corrected chi connectivity index (χ3v) is 3.76. The average molecular weight is 383 g/mol. The SMILES string of the molecule is CCOC(=O)c1ccc(NC(=O)c2ccc(Cl)c([N+](=O)[O-])c2)cc1Cl. The molecule has 130 valence electrons. The minimum Gasteiger partial charge on any atom is -0.462 e. The summed E-state index contributed by atoms with van der Waals surface area (Å²) in [6.45, 7) is 1.88. The molecule has 0 atom stereocenters. The number of nitrogens with zero attached hydrogens (tertiary/aromatic N) is 1. The van der Waals surface area contributed by atoms with Crippen molar-refractivity contribution in [1.29, 1.82) is 0 Å². The molecular weight excluding hydrogens is 371 g/mol. The summed E-state index contributed by atoms with van der Waals surface area (Å²) in [4.78, 5) is 34.1. The Kier molecular flexibility index (Phi) is 5.95. The van der Waals surface area contributed by atoms with Crippen LogP contribution in [-0.4, -0.2) is 23.4 Å². The Morgan fingerprint density at radius 2 is 1.88 bits per heavy atom. The smallest absolute Gasteiger partial charge is 0.339 e. The number of rotatable bonds is 5. The van der Waals surface area contributed by atoms with Gasteiger partial charge in [-0.3, -0.25) is 14.9 Å². The normalized spacial score (nSPS) is 10.2. The number of hydrogen-bond donors (Lipinski definition) is 1. The topological polar surface area (TPSA) is 98.5 Å². The minimum absolute atomic E-state index is 0.0571. The maximum atomic E-state index is 12.2. The van der Waals surface area contributed by atoms with E-state index in [0.717, 1.165) is 6.07 Å². The second kappa shape index (κ2) is 7.96. The zero-order valence-corrected chi connectivity index (χ0v) is 14.4. The number of carbonyl (C=O) groups excluding carboxylic acids is 2. The zero-order chi connectivity index (χ0) is 18.6. The Balaban J connectivity index is 2.21. The molecule has 25 heavy (non-hydrogen) atoms. The molecule has 0 aliphatic carbocycles. The highest BCUT2D eigenvalue weighted by Crippen LogP contribution is 2.26. The van der Waals surface area contributed by atoms with Gasteiger partial charge in [-0.25, -0.2) is 4.79 Å². The van der Waals surface area contributed by atoms with Crippen LogP contribution in [-0.2, 0) is 4.74 Å². The lowest BCUT2D eigenvalue weighted by atomic mass is 10.1. The molecule has 1 N–H and O–H groups in total. The predicted molar refractivity (Wildman–Crippen MR) is 93.5 cm³/mol. The monoisotopic (exact) mass is 382 g/mol. The number of benzene rings is 2. The fourth-order valence-corrected chi connectivity index (χ4v) is 2.41. The minimum atomic E-state index is -0.676. The van der Waals surface area contributed by atoms with Crippen molar-refractivity contribution < 1.29 is 19.2 Å². The first-order valence-corrected chi connectivity index (χ1v) is 7.81. The van der Waals surface area contributed by atoms with Gasteiger partial charge in [0.2, 0.25) is 0 Å². The second-order valence-electron chi connectivity index (χ2n) is 4.79. The summed E-state index contributed by atoms with van der Waals surface area (Å²) in [7, 11) is 0. The van der Waals surface area contributed by atoms with Gasteiger partial charge in [0, 0.05) is 17.3 Å². The highest BCUT2D eigenvalue weighted by Gasteiger charge is 2.17. The van der Waals surface area contributed by atoms with Gasteiger partial charge in [0.25, 0.3) is 11.6 Å². The Morgan fingerprint density at radius 1 is 1.16 bits per heavy atom. The highest BCUT2D eigenvalue weighted by atomic mass is 35.5. The molecule has 0 aliphatic rings. The molecule has 0 aliphatic heterocycles. The number of nitrogens with one attached hydrogen (secondary N) is 1. The predicted octanol–water partition coefficient (Wildman–Crippen LogP) is 4.33. The molecule has 7 nitrogen and oxygen atoms in total. The Labute approximate surface area is 152 Å². The molecular formula is C16H12Cl2N2O5. The van der Waals surface area contributed by atoms with Crippen LogP contribution in [0.1, 0.15) is 27.6 Å². The van der Waals surface area contributed by atoms with E-state index in [2.05, 4.69) is 5.32 Å². The van der Waals surface area contributed by atoms with Gasteiger partial charge in [0.05, 0.1) is 22.1 Å². The molecule has 0 fully saturated rings. The second-order valence-corrected chi connectivity index (χ2v) is 5.61. The fraction of sp³-hybridized carbons (Fsp3) is 0.125. The molecule has 0 unspecified atom stereocenters. The summed E-state index contributed by atoms with van der Waals surface area (Å²) in [5.41, 5.74) is 0.177. The van der Waals surface area contributed by atoms with E-state index in [1.54, 1.807) is 6.92 Å². The lowest BCUT2D eigenvalue weighted by Crippen LogP contribution is -2.13. The summed E-state index contributed by atoms with van der Waals surface area (Å²) >= 11 is 11.7. The van der Waals surface area contributed by atoms with Crippen LogP contribution in [0, 0.1) is 10.1 Å². The van der Waals surface area contributed by atoms with Gasteiger partial charge < -0.3 is 10.1 Å². The van der Waals surface area contributed by atoms with Crippen LogP contribution in [0.25, 0.3) is 0 Å². The highest BCUT2D eigenvalue weighted by molar-refractivity contribution is 6.34. The van der Waals surface area contributed by atoms with Crippen molar-refractivity contribution in [3.8, 4) is 0 Å². The van der Waals surface area contributed by atoms with Crippen LogP contribution in [0.4, 0.5) is 11.4 Å². The average Bonchev–Trinajstić information content (AvgIpc) is 2.55. The first-order chi connectivity index (χ1) is 11.8. The van der Waals surface area contributed by atoms with Crippen molar-refractivity contribution in [3.05, 3.63) is 67.7 Å². The molecule has 2 aromatic rings. The standard InChI is InChI=1S/C16H12Cl2N2O5/c1-2-25-16(22)11-5-4-10(8-13(11)18)19-15(21)9-3-6-12(17)14(7-9)20(23)24/h3-8H,2H2,1H3,(H,19,21). The van der Waals surface area contributed by atoms with Gasteiger partial charge in [-0.1, -0.05) is 23.2 Å². The van der Waals surface area contributed by atoms with Crippen molar-refractivity contribution in [1.82, 2.24) is 0 Å². The van der Waals surface area contributed by atoms with E-state index >= 15 is 0 Å². The third kappa shape index (κ3) is 4.46. The van der Waals surface area contributed by atoms with Gasteiger partial charge in [-0.15, -0.1) is 0 Å². The molecule has 0 spiro atoms. The molecule has 0 heterocycles. The van der Waals surface area contributed by atoms with Crippen molar-refractivity contribution in [2.75, 3.05) is 11.9 Å².